The highest BCUT2D eigenvalue weighted by molar-refractivity contribution is 14.0. The standard InChI is InChI=1S/C13H25N3.HI/c1-10-6-11(2)9-16(8-10)13(14-3)15-7-12-4-5-12;/h10-12H,4-9H2,1-3H3,(H,14,15);1H. The summed E-state index contributed by atoms with van der Waals surface area (Å²) in [6.07, 6.45) is 4.16. The Morgan fingerprint density at radius 2 is 1.82 bits per heavy atom. The summed E-state index contributed by atoms with van der Waals surface area (Å²) < 4.78 is 0. The fraction of sp³-hybridized carbons (Fsp3) is 0.923. The summed E-state index contributed by atoms with van der Waals surface area (Å²) >= 11 is 0. The average Bonchev–Trinajstić information content (AvgIpc) is 3.01. The van der Waals surface area contributed by atoms with E-state index in [9.17, 15) is 0 Å². The van der Waals surface area contributed by atoms with Crippen molar-refractivity contribution >= 4 is 29.9 Å². The third kappa shape index (κ3) is 4.64. The van der Waals surface area contributed by atoms with Gasteiger partial charge in [-0.15, -0.1) is 24.0 Å². The topological polar surface area (TPSA) is 27.6 Å². The van der Waals surface area contributed by atoms with E-state index in [1.165, 1.54) is 19.3 Å². The number of halogens is 1. The van der Waals surface area contributed by atoms with Crippen molar-refractivity contribution in [2.75, 3.05) is 26.7 Å². The van der Waals surface area contributed by atoms with Crippen LogP contribution in [0, 0.1) is 17.8 Å². The molecule has 2 rings (SSSR count). The SMILES string of the molecule is CN=C(NCC1CC1)N1CC(C)CC(C)C1.I. The van der Waals surface area contributed by atoms with E-state index in [1.807, 2.05) is 7.05 Å². The Hall–Kier alpha value is 0. The van der Waals surface area contributed by atoms with E-state index in [2.05, 4.69) is 29.1 Å². The number of rotatable bonds is 2. The molecule has 1 heterocycles. The Morgan fingerprint density at radius 3 is 2.29 bits per heavy atom. The van der Waals surface area contributed by atoms with Gasteiger partial charge >= 0.3 is 0 Å². The normalized spacial score (nSPS) is 29.8. The van der Waals surface area contributed by atoms with E-state index in [1.54, 1.807) is 0 Å². The molecule has 0 spiro atoms. The molecule has 17 heavy (non-hydrogen) atoms. The van der Waals surface area contributed by atoms with Crippen LogP contribution in [-0.2, 0) is 0 Å². The van der Waals surface area contributed by atoms with Gasteiger partial charge in [0.05, 0.1) is 0 Å². The maximum absolute atomic E-state index is 4.41. The van der Waals surface area contributed by atoms with Gasteiger partial charge in [-0.2, -0.15) is 0 Å². The lowest BCUT2D eigenvalue weighted by Crippen LogP contribution is -2.48. The first-order chi connectivity index (χ1) is 7.69. The predicted molar refractivity (Wildman–Crippen MR) is 84.0 cm³/mol. The van der Waals surface area contributed by atoms with Crippen LogP contribution < -0.4 is 5.32 Å². The summed E-state index contributed by atoms with van der Waals surface area (Å²) in [5.74, 6) is 3.62. The molecule has 0 aromatic carbocycles. The average molecular weight is 351 g/mol. The van der Waals surface area contributed by atoms with Crippen LogP contribution in [0.15, 0.2) is 4.99 Å². The molecule has 1 saturated carbocycles. The molecule has 1 aliphatic carbocycles. The molecule has 100 valence electrons. The number of guanidine groups is 1. The molecular formula is C13H26IN3. The molecule has 0 aromatic rings. The lowest BCUT2D eigenvalue weighted by molar-refractivity contribution is 0.208. The van der Waals surface area contributed by atoms with Gasteiger partial charge in [0.15, 0.2) is 5.96 Å². The van der Waals surface area contributed by atoms with Gasteiger partial charge in [0.2, 0.25) is 0 Å². The first-order valence-corrected chi connectivity index (χ1v) is 6.64. The number of aliphatic imine (C=N–C) groups is 1. The van der Waals surface area contributed by atoms with Gasteiger partial charge in [0.1, 0.15) is 0 Å². The molecule has 2 unspecified atom stereocenters. The third-order valence-electron chi connectivity index (χ3n) is 3.63. The second kappa shape index (κ2) is 6.81. The summed E-state index contributed by atoms with van der Waals surface area (Å²) in [6, 6.07) is 0. The summed E-state index contributed by atoms with van der Waals surface area (Å²) in [7, 11) is 1.90. The summed E-state index contributed by atoms with van der Waals surface area (Å²) in [5.41, 5.74) is 0. The Morgan fingerprint density at radius 1 is 1.24 bits per heavy atom. The van der Waals surface area contributed by atoms with Crippen molar-refractivity contribution in [2.45, 2.75) is 33.1 Å². The second-order valence-corrected chi connectivity index (χ2v) is 5.72. The molecule has 0 amide bonds. The number of likely N-dealkylation sites (tertiary alicyclic amines) is 1. The second-order valence-electron chi connectivity index (χ2n) is 5.72. The molecule has 0 aromatic heterocycles. The summed E-state index contributed by atoms with van der Waals surface area (Å²) in [5, 5.41) is 3.52. The molecule has 1 N–H and O–H groups in total. The van der Waals surface area contributed by atoms with Crippen molar-refractivity contribution < 1.29 is 0 Å². The zero-order chi connectivity index (χ0) is 11.5. The largest absolute Gasteiger partial charge is 0.356 e. The Labute approximate surface area is 122 Å². The van der Waals surface area contributed by atoms with Crippen molar-refractivity contribution in [3.8, 4) is 0 Å². The minimum absolute atomic E-state index is 0. The van der Waals surface area contributed by atoms with Crippen LogP contribution in [0.2, 0.25) is 0 Å². The van der Waals surface area contributed by atoms with Crippen LogP contribution in [0.4, 0.5) is 0 Å². The van der Waals surface area contributed by atoms with Gasteiger partial charge in [-0.3, -0.25) is 4.99 Å². The van der Waals surface area contributed by atoms with Crippen LogP contribution in [0.3, 0.4) is 0 Å². The molecule has 2 atom stereocenters. The minimum atomic E-state index is 0. The highest BCUT2D eigenvalue weighted by Crippen LogP contribution is 2.28. The fourth-order valence-electron chi connectivity index (χ4n) is 2.73. The monoisotopic (exact) mass is 351 g/mol. The van der Waals surface area contributed by atoms with Gasteiger partial charge in [-0.25, -0.2) is 0 Å². The summed E-state index contributed by atoms with van der Waals surface area (Å²) in [6.45, 7) is 8.13. The van der Waals surface area contributed by atoms with E-state index >= 15 is 0 Å². The number of nitrogens with one attached hydrogen (secondary N) is 1. The predicted octanol–water partition coefficient (Wildman–Crippen LogP) is 2.57. The lowest BCUT2D eigenvalue weighted by atomic mass is 9.92. The molecule has 0 bridgehead atoms. The molecule has 2 fully saturated rings. The maximum Gasteiger partial charge on any atom is 0.193 e. The zero-order valence-corrected chi connectivity index (χ0v) is 13.6. The van der Waals surface area contributed by atoms with Gasteiger partial charge in [-0.1, -0.05) is 13.8 Å². The number of nitrogens with zero attached hydrogens (tertiary/aromatic N) is 2. The van der Waals surface area contributed by atoms with Crippen LogP contribution in [0.1, 0.15) is 33.1 Å². The Kier molecular flexibility index (Phi) is 6.03. The van der Waals surface area contributed by atoms with E-state index in [-0.39, 0.29) is 24.0 Å². The first kappa shape index (κ1) is 15.1. The highest BCUT2D eigenvalue weighted by Gasteiger charge is 2.26. The lowest BCUT2D eigenvalue weighted by Gasteiger charge is -2.37. The van der Waals surface area contributed by atoms with Crippen molar-refractivity contribution in [3.05, 3.63) is 0 Å². The first-order valence-electron chi connectivity index (χ1n) is 6.64. The molecule has 4 heteroatoms. The third-order valence-corrected chi connectivity index (χ3v) is 3.63. The van der Waals surface area contributed by atoms with Gasteiger partial charge in [-0.05, 0) is 37.0 Å². The number of piperidine rings is 1. The molecule has 1 saturated heterocycles. The molecular weight excluding hydrogens is 325 g/mol. The van der Waals surface area contributed by atoms with Crippen molar-refractivity contribution in [1.82, 2.24) is 10.2 Å². The smallest absolute Gasteiger partial charge is 0.193 e. The van der Waals surface area contributed by atoms with Crippen LogP contribution >= 0.6 is 24.0 Å². The van der Waals surface area contributed by atoms with Crippen LogP contribution in [-0.4, -0.2) is 37.5 Å². The maximum atomic E-state index is 4.41. The van der Waals surface area contributed by atoms with Crippen molar-refractivity contribution in [3.63, 3.8) is 0 Å². The van der Waals surface area contributed by atoms with Crippen molar-refractivity contribution in [2.24, 2.45) is 22.7 Å². The zero-order valence-electron chi connectivity index (χ0n) is 11.3. The molecule has 3 nitrogen and oxygen atoms in total. The van der Waals surface area contributed by atoms with Gasteiger partial charge < -0.3 is 10.2 Å². The van der Waals surface area contributed by atoms with Crippen molar-refractivity contribution in [1.29, 1.82) is 0 Å². The Balaban J connectivity index is 0.00000144. The molecule has 2 aliphatic rings. The van der Waals surface area contributed by atoms with E-state index in [0.29, 0.717) is 0 Å². The molecule has 0 radical (unpaired) electrons. The Bertz CT molecular complexity index is 253. The van der Waals surface area contributed by atoms with Gasteiger partial charge in [0.25, 0.3) is 0 Å². The number of hydrogen-bond acceptors (Lipinski definition) is 1. The van der Waals surface area contributed by atoms with Gasteiger partial charge in [0, 0.05) is 26.7 Å². The quantitative estimate of drug-likeness (QED) is 0.470. The van der Waals surface area contributed by atoms with E-state index < -0.39 is 0 Å². The van der Waals surface area contributed by atoms with E-state index in [0.717, 1.165) is 43.3 Å². The summed E-state index contributed by atoms with van der Waals surface area (Å²) in [4.78, 5) is 6.84. The minimum Gasteiger partial charge on any atom is -0.356 e. The highest BCUT2D eigenvalue weighted by atomic mass is 127. The van der Waals surface area contributed by atoms with Crippen LogP contribution in [0.25, 0.3) is 0 Å². The number of hydrogen-bond donors (Lipinski definition) is 1. The van der Waals surface area contributed by atoms with Crippen LogP contribution in [0.5, 0.6) is 0 Å². The fourth-order valence-corrected chi connectivity index (χ4v) is 2.73. The van der Waals surface area contributed by atoms with E-state index in [4.69, 9.17) is 0 Å². The molecule has 1 aliphatic heterocycles.